The highest BCUT2D eigenvalue weighted by molar-refractivity contribution is 5.80. The van der Waals surface area contributed by atoms with E-state index in [0.717, 1.165) is 45.2 Å². The number of hydrogen-bond acceptors (Lipinski definition) is 2. The minimum atomic E-state index is 0.612. The SMILES string of the molecule is CCCCOCCNC(=NC)N1CCC(c2ccccc2)C1. The van der Waals surface area contributed by atoms with Gasteiger partial charge in [-0.1, -0.05) is 43.7 Å². The number of guanidine groups is 1. The van der Waals surface area contributed by atoms with Crippen molar-refractivity contribution in [2.45, 2.75) is 32.1 Å². The zero-order chi connectivity index (χ0) is 15.6. The number of rotatable bonds is 7. The molecule has 0 bridgehead atoms. The van der Waals surface area contributed by atoms with E-state index in [0.29, 0.717) is 5.92 Å². The van der Waals surface area contributed by atoms with E-state index in [1.807, 2.05) is 7.05 Å². The molecular weight excluding hydrogens is 274 g/mol. The van der Waals surface area contributed by atoms with Crippen molar-refractivity contribution >= 4 is 5.96 Å². The maximum absolute atomic E-state index is 5.59. The molecule has 1 heterocycles. The van der Waals surface area contributed by atoms with Crippen LogP contribution in [0, 0.1) is 0 Å². The third kappa shape index (κ3) is 5.02. The van der Waals surface area contributed by atoms with Gasteiger partial charge >= 0.3 is 0 Å². The lowest BCUT2D eigenvalue weighted by molar-refractivity contribution is 0.135. The first-order valence-corrected chi connectivity index (χ1v) is 8.43. The highest BCUT2D eigenvalue weighted by Gasteiger charge is 2.25. The predicted octanol–water partition coefficient (Wildman–Crippen LogP) is 2.87. The summed E-state index contributed by atoms with van der Waals surface area (Å²) in [5.74, 6) is 1.61. The van der Waals surface area contributed by atoms with Crippen LogP contribution in [0.3, 0.4) is 0 Å². The summed E-state index contributed by atoms with van der Waals surface area (Å²) in [7, 11) is 1.86. The minimum Gasteiger partial charge on any atom is -0.380 e. The van der Waals surface area contributed by atoms with Crippen molar-refractivity contribution in [1.29, 1.82) is 0 Å². The molecule has 1 saturated heterocycles. The average Bonchev–Trinajstić information content (AvgIpc) is 3.05. The molecule has 2 rings (SSSR count). The van der Waals surface area contributed by atoms with Gasteiger partial charge in [0.25, 0.3) is 0 Å². The van der Waals surface area contributed by atoms with Crippen LogP contribution < -0.4 is 5.32 Å². The first kappa shape index (κ1) is 16.8. The summed E-state index contributed by atoms with van der Waals surface area (Å²) in [6.07, 6.45) is 3.51. The van der Waals surface area contributed by atoms with Gasteiger partial charge in [0.15, 0.2) is 5.96 Å². The topological polar surface area (TPSA) is 36.9 Å². The molecule has 1 aliphatic rings. The van der Waals surface area contributed by atoms with Crippen LogP contribution in [0.25, 0.3) is 0 Å². The lowest BCUT2D eigenvalue weighted by atomic mass is 9.99. The molecule has 1 aliphatic heterocycles. The molecule has 0 aromatic heterocycles. The molecule has 0 amide bonds. The summed E-state index contributed by atoms with van der Waals surface area (Å²) in [5, 5.41) is 3.41. The van der Waals surface area contributed by atoms with E-state index in [1.165, 1.54) is 18.4 Å². The molecule has 1 aromatic carbocycles. The van der Waals surface area contributed by atoms with E-state index in [-0.39, 0.29) is 0 Å². The quantitative estimate of drug-likeness (QED) is 0.478. The molecular formula is C18H29N3O. The van der Waals surface area contributed by atoms with Gasteiger partial charge in [-0.3, -0.25) is 4.99 Å². The molecule has 122 valence electrons. The Bertz CT molecular complexity index is 447. The fourth-order valence-corrected chi connectivity index (χ4v) is 2.87. The molecule has 1 N–H and O–H groups in total. The van der Waals surface area contributed by atoms with Crippen molar-refractivity contribution < 1.29 is 4.74 Å². The molecule has 1 fully saturated rings. The monoisotopic (exact) mass is 303 g/mol. The molecule has 4 nitrogen and oxygen atoms in total. The number of nitrogens with one attached hydrogen (secondary N) is 1. The Morgan fingerprint density at radius 2 is 2.14 bits per heavy atom. The predicted molar refractivity (Wildman–Crippen MR) is 92.5 cm³/mol. The van der Waals surface area contributed by atoms with E-state index in [4.69, 9.17) is 4.74 Å². The molecule has 0 saturated carbocycles. The van der Waals surface area contributed by atoms with Gasteiger partial charge in [0.1, 0.15) is 0 Å². The standard InChI is InChI=1S/C18H29N3O/c1-3-4-13-22-14-11-20-18(19-2)21-12-10-17(15-21)16-8-6-5-7-9-16/h5-9,17H,3-4,10-15H2,1-2H3,(H,19,20). The largest absolute Gasteiger partial charge is 0.380 e. The summed E-state index contributed by atoms with van der Waals surface area (Å²) in [6.45, 7) is 6.71. The van der Waals surface area contributed by atoms with Crippen LogP contribution in [0.2, 0.25) is 0 Å². The number of nitrogens with zero attached hydrogens (tertiary/aromatic N) is 2. The molecule has 1 aromatic rings. The van der Waals surface area contributed by atoms with Crippen molar-refractivity contribution in [3.8, 4) is 0 Å². The Balaban J connectivity index is 1.73. The van der Waals surface area contributed by atoms with E-state index in [9.17, 15) is 0 Å². The lowest BCUT2D eigenvalue weighted by Crippen LogP contribution is -2.41. The van der Waals surface area contributed by atoms with Crippen LogP contribution in [-0.4, -0.2) is 50.8 Å². The number of unbranched alkanes of at least 4 members (excludes halogenated alkanes) is 1. The maximum atomic E-state index is 5.59. The van der Waals surface area contributed by atoms with Crippen molar-refractivity contribution in [2.24, 2.45) is 4.99 Å². The first-order valence-electron chi connectivity index (χ1n) is 8.43. The fourth-order valence-electron chi connectivity index (χ4n) is 2.87. The second-order valence-electron chi connectivity index (χ2n) is 5.78. The number of benzene rings is 1. The second kappa shape index (κ2) is 9.46. The van der Waals surface area contributed by atoms with Gasteiger partial charge in [-0.25, -0.2) is 0 Å². The van der Waals surface area contributed by atoms with Gasteiger partial charge in [0.05, 0.1) is 6.61 Å². The third-order valence-electron chi connectivity index (χ3n) is 4.14. The van der Waals surface area contributed by atoms with Crippen molar-refractivity contribution in [1.82, 2.24) is 10.2 Å². The Morgan fingerprint density at radius 3 is 2.86 bits per heavy atom. The van der Waals surface area contributed by atoms with Crippen LogP contribution in [0.1, 0.15) is 37.7 Å². The Kier molecular flexibility index (Phi) is 7.23. The molecule has 0 radical (unpaired) electrons. The van der Waals surface area contributed by atoms with Gasteiger partial charge in [0.2, 0.25) is 0 Å². The summed E-state index contributed by atoms with van der Waals surface area (Å²) < 4.78 is 5.59. The Morgan fingerprint density at radius 1 is 1.32 bits per heavy atom. The maximum Gasteiger partial charge on any atom is 0.193 e. The Labute approximate surface area is 134 Å². The summed E-state index contributed by atoms with van der Waals surface area (Å²) >= 11 is 0. The lowest BCUT2D eigenvalue weighted by Gasteiger charge is -2.21. The first-order chi connectivity index (χ1) is 10.8. The van der Waals surface area contributed by atoms with Gasteiger partial charge in [0, 0.05) is 39.2 Å². The summed E-state index contributed by atoms with van der Waals surface area (Å²) in [5.41, 5.74) is 1.43. The summed E-state index contributed by atoms with van der Waals surface area (Å²) in [4.78, 5) is 6.76. The number of likely N-dealkylation sites (tertiary alicyclic amines) is 1. The normalized spacial score (nSPS) is 18.7. The van der Waals surface area contributed by atoms with Gasteiger partial charge < -0.3 is 15.0 Å². The van der Waals surface area contributed by atoms with Gasteiger partial charge in [-0.15, -0.1) is 0 Å². The molecule has 1 unspecified atom stereocenters. The van der Waals surface area contributed by atoms with Crippen LogP contribution in [0.4, 0.5) is 0 Å². The number of hydrogen-bond donors (Lipinski definition) is 1. The molecule has 0 aliphatic carbocycles. The van der Waals surface area contributed by atoms with Crippen LogP contribution >= 0.6 is 0 Å². The third-order valence-corrected chi connectivity index (χ3v) is 4.14. The van der Waals surface area contributed by atoms with Gasteiger partial charge in [-0.2, -0.15) is 0 Å². The van der Waals surface area contributed by atoms with Gasteiger partial charge in [-0.05, 0) is 18.4 Å². The number of ether oxygens (including phenoxy) is 1. The second-order valence-corrected chi connectivity index (χ2v) is 5.78. The highest BCUT2D eigenvalue weighted by Crippen LogP contribution is 2.26. The smallest absolute Gasteiger partial charge is 0.193 e. The highest BCUT2D eigenvalue weighted by atomic mass is 16.5. The zero-order valence-corrected chi connectivity index (χ0v) is 13.9. The van der Waals surface area contributed by atoms with Crippen LogP contribution in [0.5, 0.6) is 0 Å². The van der Waals surface area contributed by atoms with Crippen molar-refractivity contribution in [3.63, 3.8) is 0 Å². The van der Waals surface area contributed by atoms with Crippen LogP contribution in [-0.2, 0) is 4.74 Å². The summed E-state index contributed by atoms with van der Waals surface area (Å²) in [6, 6.07) is 10.8. The molecule has 0 spiro atoms. The van der Waals surface area contributed by atoms with E-state index in [1.54, 1.807) is 0 Å². The minimum absolute atomic E-state index is 0.612. The Hall–Kier alpha value is -1.55. The van der Waals surface area contributed by atoms with E-state index in [2.05, 4.69) is 52.5 Å². The van der Waals surface area contributed by atoms with E-state index >= 15 is 0 Å². The van der Waals surface area contributed by atoms with Crippen molar-refractivity contribution in [2.75, 3.05) is 39.9 Å². The average molecular weight is 303 g/mol. The van der Waals surface area contributed by atoms with Crippen LogP contribution in [0.15, 0.2) is 35.3 Å². The van der Waals surface area contributed by atoms with Crippen molar-refractivity contribution in [3.05, 3.63) is 35.9 Å². The fraction of sp³-hybridized carbons (Fsp3) is 0.611. The zero-order valence-electron chi connectivity index (χ0n) is 13.9. The molecule has 1 atom stereocenters. The number of aliphatic imine (C=N–C) groups is 1. The van der Waals surface area contributed by atoms with E-state index < -0.39 is 0 Å². The molecule has 4 heteroatoms. The molecule has 22 heavy (non-hydrogen) atoms.